The van der Waals surface area contributed by atoms with Crippen LogP contribution in [0.3, 0.4) is 0 Å². The molecule has 2 aromatic rings. The van der Waals surface area contributed by atoms with Crippen molar-refractivity contribution in [2.75, 3.05) is 50.0 Å². The number of hydrogen-bond acceptors (Lipinski definition) is 8. The number of thiophene rings is 1. The maximum absolute atomic E-state index is 13.7. The van der Waals surface area contributed by atoms with E-state index < -0.39 is 35.3 Å². The number of hydrogen-bond donors (Lipinski definition) is 3. The number of carbonyl (C=O) groups is 3. The molecule has 0 atom stereocenters. The highest BCUT2D eigenvalue weighted by molar-refractivity contribution is 7.09. The molecule has 0 radical (unpaired) electrons. The van der Waals surface area contributed by atoms with Crippen LogP contribution >= 0.6 is 11.3 Å². The van der Waals surface area contributed by atoms with E-state index in [2.05, 4.69) is 25.8 Å². The van der Waals surface area contributed by atoms with Crippen LogP contribution < -0.4 is 16.0 Å². The molecule has 0 bridgehead atoms. The summed E-state index contributed by atoms with van der Waals surface area (Å²) in [6.07, 6.45) is 5.07. The topological polar surface area (TPSA) is 125 Å². The predicted molar refractivity (Wildman–Crippen MR) is 175 cm³/mol. The summed E-state index contributed by atoms with van der Waals surface area (Å²) in [4.78, 5) is 46.6. The van der Waals surface area contributed by atoms with E-state index >= 15 is 0 Å². The van der Waals surface area contributed by atoms with Gasteiger partial charge in [-0.05, 0) is 70.9 Å². The van der Waals surface area contributed by atoms with E-state index in [1.165, 1.54) is 43.5 Å². The van der Waals surface area contributed by atoms with Gasteiger partial charge in [-0.3, -0.25) is 20.0 Å². The van der Waals surface area contributed by atoms with E-state index in [0.717, 1.165) is 31.8 Å². The molecule has 0 aliphatic carbocycles. The van der Waals surface area contributed by atoms with Crippen LogP contribution in [0.1, 0.15) is 57.1 Å². The molecule has 11 nitrogen and oxygen atoms in total. The van der Waals surface area contributed by atoms with E-state index in [9.17, 15) is 23.2 Å². The maximum Gasteiger partial charge on any atom is 0.412 e. The number of nitrogens with zero attached hydrogens (tertiary/aromatic N) is 3. The maximum atomic E-state index is 13.7. The van der Waals surface area contributed by atoms with Gasteiger partial charge in [-0.15, -0.1) is 11.3 Å². The molecule has 1 fully saturated rings. The van der Waals surface area contributed by atoms with Crippen molar-refractivity contribution >= 4 is 40.7 Å². The minimum Gasteiger partial charge on any atom is -0.444 e. The first kappa shape index (κ1) is 36.3. The summed E-state index contributed by atoms with van der Waals surface area (Å²) < 4.78 is 37.7. The molecule has 14 heteroatoms. The summed E-state index contributed by atoms with van der Waals surface area (Å²) in [6, 6.07) is 2.73. The lowest BCUT2D eigenvalue weighted by atomic mass is 10.2. The highest BCUT2D eigenvalue weighted by atomic mass is 32.1. The van der Waals surface area contributed by atoms with Crippen molar-refractivity contribution in [2.24, 2.45) is 0 Å². The van der Waals surface area contributed by atoms with E-state index in [1.807, 2.05) is 0 Å². The van der Waals surface area contributed by atoms with Crippen molar-refractivity contribution in [1.29, 1.82) is 0 Å². The number of nitrogens with one attached hydrogen (secondary N) is 3. The lowest BCUT2D eigenvalue weighted by Crippen LogP contribution is -2.42. The monoisotopic (exact) mass is 660 g/mol. The van der Waals surface area contributed by atoms with Gasteiger partial charge in [0.2, 0.25) is 0 Å². The molecule has 3 heterocycles. The van der Waals surface area contributed by atoms with Crippen molar-refractivity contribution in [3.8, 4) is 0 Å². The van der Waals surface area contributed by atoms with Crippen LogP contribution in [-0.4, -0.2) is 77.8 Å². The number of urea groups is 1. The molecular weight excluding hydrogens is 618 g/mol. The van der Waals surface area contributed by atoms with Crippen molar-refractivity contribution in [1.82, 2.24) is 20.1 Å². The van der Waals surface area contributed by atoms with E-state index in [-0.39, 0.29) is 17.9 Å². The fourth-order valence-corrected chi connectivity index (χ4v) is 4.98. The number of allylic oxidation sites excluding steroid dienone is 5. The summed E-state index contributed by atoms with van der Waals surface area (Å²) in [6.45, 7) is 12.0. The molecule has 0 saturated carbocycles. The zero-order valence-electron chi connectivity index (χ0n) is 26.8. The Morgan fingerprint density at radius 3 is 2.37 bits per heavy atom. The van der Waals surface area contributed by atoms with Gasteiger partial charge in [0.05, 0.1) is 36.2 Å². The second-order valence-electron chi connectivity index (χ2n) is 11.6. The summed E-state index contributed by atoms with van der Waals surface area (Å²) in [5.41, 5.74) is 0.996. The van der Waals surface area contributed by atoms with Gasteiger partial charge in [0.25, 0.3) is 5.91 Å². The first-order valence-electron chi connectivity index (χ1n) is 14.9. The standard InChI is InChI=1S/C32H42F2N6O5S/c1-22(33)7-9-25(17-23(2)34)36-30(42)40(12-6-11-39-13-15-44-16-14-39)19-24-8-10-26(35-18-24)29(41)37-27-20-46-21-28(27)38-31(43)45-32(3,4)5/h7-10,17-18,20-21H,6,11-16,19H2,1-5H3,(H,36,42)(H,37,41)(H,38,43)/b22-7+,23-17+,25-9+. The fraction of sp³-hybridized carbons (Fsp3) is 0.438. The molecule has 1 aliphatic rings. The normalized spacial score (nSPS) is 14.9. The molecule has 0 spiro atoms. The lowest BCUT2D eigenvalue weighted by Gasteiger charge is -2.28. The number of morpholine rings is 1. The Bertz CT molecular complexity index is 1420. The van der Waals surface area contributed by atoms with Crippen LogP contribution in [-0.2, 0) is 16.0 Å². The Morgan fingerprint density at radius 2 is 1.76 bits per heavy atom. The number of carbonyl (C=O) groups excluding carboxylic acids is 3. The van der Waals surface area contributed by atoms with Gasteiger partial charge in [0.15, 0.2) is 0 Å². The Labute approximate surface area is 272 Å². The molecular formula is C32H42F2N6O5S. The van der Waals surface area contributed by atoms with Crippen molar-refractivity contribution in [3.63, 3.8) is 0 Å². The van der Waals surface area contributed by atoms with Gasteiger partial charge in [0, 0.05) is 55.4 Å². The molecule has 2 aromatic heterocycles. The smallest absolute Gasteiger partial charge is 0.412 e. The van der Waals surface area contributed by atoms with E-state index in [4.69, 9.17) is 9.47 Å². The number of pyridine rings is 1. The highest BCUT2D eigenvalue weighted by Gasteiger charge is 2.20. The van der Waals surface area contributed by atoms with Crippen LogP contribution in [0, 0.1) is 0 Å². The van der Waals surface area contributed by atoms with Gasteiger partial charge >= 0.3 is 12.1 Å². The third kappa shape index (κ3) is 13.1. The number of amides is 4. The Kier molecular flexibility index (Phi) is 13.8. The minimum atomic E-state index is -0.677. The van der Waals surface area contributed by atoms with Gasteiger partial charge < -0.3 is 25.0 Å². The van der Waals surface area contributed by atoms with E-state index in [1.54, 1.807) is 42.5 Å². The fourth-order valence-electron chi connectivity index (χ4n) is 4.27. The van der Waals surface area contributed by atoms with Crippen LogP contribution in [0.15, 0.2) is 64.7 Å². The van der Waals surface area contributed by atoms with E-state index in [0.29, 0.717) is 43.1 Å². The number of halogens is 2. The first-order chi connectivity index (χ1) is 21.8. The molecule has 3 N–H and O–H groups in total. The average molecular weight is 661 g/mol. The van der Waals surface area contributed by atoms with Gasteiger partial charge in [-0.25, -0.2) is 18.4 Å². The van der Waals surface area contributed by atoms with Crippen LogP contribution in [0.25, 0.3) is 0 Å². The summed E-state index contributed by atoms with van der Waals surface area (Å²) in [5, 5.41) is 11.4. The SMILES string of the molecule is C\C(F)=C/C=C(\C=C(/C)F)NC(=O)N(CCCN1CCOCC1)Cc1ccc(C(=O)Nc2cscc2NC(=O)OC(C)(C)C)nc1. The molecule has 0 aromatic carbocycles. The predicted octanol–water partition coefficient (Wildman–Crippen LogP) is 6.61. The van der Waals surface area contributed by atoms with Crippen LogP contribution in [0.2, 0.25) is 0 Å². The average Bonchev–Trinajstić information content (AvgIpc) is 3.40. The Morgan fingerprint density at radius 1 is 1.07 bits per heavy atom. The molecule has 46 heavy (non-hydrogen) atoms. The zero-order chi connectivity index (χ0) is 33.7. The number of aromatic nitrogens is 1. The third-order valence-corrected chi connectivity index (χ3v) is 7.11. The first-order valence-corrected chi connectivity index (χ1v) is 15.8. The molecule has 1 aliphatic heterocycles. The number of rotatable bonds is 12. The molecule has 1 saturated heterocycles. The lowest BCUT2D eigenvalue weighted by molar-refractivity contribution is 0.0364. The molecule has 4 amide bonds. The number of ether oxygens (including phenoxy) is 2. The molecule has 0 unspecified atom stereocenters. The molecule has 3 rings (SSSR count). The van der Waals surface area contributed by atoms with Gasteiger partial charge in [0.1, 0.15) is 11.3 Å². The second kappa shape index (κ2) is 17.5. The number of anilines is 2. The Hall–Kier alpha value is -4.14. The van der Waals surface area contributed by atoms with Crippen molar-refractivity contribution in [3.05, 3.63) is 75.9 Å². The summed E-state index contributed by atoms with van der Waals surface area (Å²) in [5.74, 6) is -1.54. The minimum absolute atomic E-state index is 0.0966. The second-order valence-corrected chi connectivity index (χ2v) is 12.3. The summed E-state index contributed by atoms with van der Waals surface area (Å²) in [7, 11) is 0. The summed E-state index contributed by atoms with van der Waals surface area (Å²) >= 11 is 1.29. The van der Waals surface area contributed by atoms with Gasteiger partial charge in [-0.2, -0.15) is 0 Å². The van der Waals surface area contributed by atoms with Crippen LogP contribution in [0.4, 0.5) is 29.7 Å². The van der Waals surface area contributed by atoms with Crippen molar-refractivity contribution in [2.45, 2.75) is 53.2 Å². The highest BCUT2D eigenvalue weighted by Crippen LogP contribution is 2.27. The largest absolute Gasteiger partial charge is 0.444 e. The van der Waals surface area contributed by atoms with Crippen LogP contribution in [0.5, 0.6) is 0 Å². The Balaban J connectivity index is 1.69. The molecule has 250 valence electrons. The quantitative estimate of drug-likeness (QED) is 0.219. The third-order valence-electron chi connectivity index (χ3n) is 6.37. The zero-order valence-corrected chi connectivity index (χ0v) is 27.6. The van der Waals surface area contributed by atoms with Crippen molar-refractivity contribution < 1.29 is 32.6 Å². The van der Waals surface area contributed by atoms with Gasteiger partial charge in [-0.1, -0.05) is 6.07 Å².